The van der Waals surface area contributed by atoms with Crippen LogP contribution in [-0.4, -0.2) is 33.2 Å². The number of carbonyl (C=O) groups is 3. The van der Waals surface area contributed by atoms with Crippen LogP contribution in [0, 0.1) is 11.3 Å². The minimum absolute atomic E-state index is 0.0329. The molecule has 0 bridgehead atoms. The highest BCUT2D eigenvalue weighted by Crippen LogP contribution is 2.42. The molecule has 0 unspecified atom stereocenters. The Morgan fingerprint density at radius 3 is 1.21 bits per heavy atom. The van der Waals surface area contributed by atoms with Gasteiger partial charge in [-0.15, -0.1) is 0 Å². The molecule has 0 aliphatic rings. The van der Waals surface area contributed by atoms with E-state index in [-0.39, 0.29) is 25.2 Å². The van der Waals surface area contributed by atoms with Crippen molar-refractivity contribution >= 4 is 17.9 Å². The van der Waals surface area contributed by atoms with Crippen LogP contribution in [0.3, 0.4) is 0 Å². The Morgan fingerprint density at radius 2 is 1.05 bits per heavy atom. The highest BCUT2D eigenvalue weighted by atomic mass is 16.4. The molecule has 0 aromatic rings. The van der Waals surface area contributed by atoms with Crippen LogP contribution in [0.5, 0.6) is 0 Å². The average molecular weight is 274 g/mol. The number of carboxylic acids is 3. The van der Waals surface area contributed by atoms with Crippen molar-refractivity contribution in [3.63, 3.8) is 0 Å². The Balaban J connectivity index is 4.91. The predicted octanol–water partition coefficient (Wildman–Crippen LogP) is 2.22. The Morgan fingerprint density at radius 1 is 0.789 bits per heavy atom. The van der Waals surface area contributed by atoms with Crippen molar-refractivity contribution in [2.75, 3.05) is 0 Å². The largest absolute Gasteiger partial charge is 0.481 e. The summed E-state index contributed by atoms with van der Waals surface area (Å²) in [6.07, 6.45) is 0.702. The first kappa shape index (κ1) is 17.4. The Bertz CT molecular complexity index is 288. The summed E-state index contributed by atoms with van der Waals surface area (Å²) in [6.45, 7) is 3.76. The van der Waals surface area contributed by atoms with Crippen LogP contribution in [-0.2, 0) is 14.4 Å². The molecule has 0 atom stereocenters. The van der Waals surface area contributed by atoms with Crippen molar-refractivity contribution in [3.05, 3.63) is 0 Å². The Labute approximate surface area is 112 Å². The molecule has 0 saturated heterocycles. The fourth-order valence-electron chi connectivity index (χ4n) is 2.31. The molecule has 0 spiro atoms. The molecule has 3 N–H and O–H groups in total. The molecule has 6 nitrogen and oxygen atoms in total. The number of hydrogen-bond acceptors (Lipinski definition) is 3. The topological polar surface area (TPSA) is 112 Å². The molecule has 110 valence electrons. The average Bonchev–Trinajstić information content (AvgIpc) is 2.27. The summed E-state index contributed by atoms with van der Waals surface area (Å²) in [5, 5.41) is 26.3. The summed E-state index contributed by atoms with van der Waals surface area (Å²) in [7, 11) is 0. The monoisotopic (exact) mass is 274 g/mol. The maximum atomic E-state index is 10.7. The molecule has 0 amide bonds. The standard InChI is InChI=1S/C13H22O6/c1-9(2)13(6-3-10(14)15,7-4-11(16)17)8-5-12(18)19/h9H,3-8H2,1-2H3,(H,14,15)(H,16,17)(H,18,19). The van der Waals surface area contributed by atoms with E-state index in [0.717, 1.165) is 0 Å². The number of hydrogen-bond donors (Lipinski definition) is 3. The zero-order valence-electron chi connectivity index (χ0n) is 11.4. The zero-order chi connectivity index (χ0) is 15.1. The fraction of sp³-hybridized carbons (Fsp3) is 0.769. The summed E-state index contributed by atoms with van der Waals surface area (Å²) in [4.78, 5) is 32.1. The first-order valence-electron chi connectivity index (χ1n) is 6.35. The maximum absolute atomic E-state index is 10.7. The molecule has 0 aliphatic heterocycles. The number of rotatable bonds is 10. The quantitative estimate of drug-likeness (QED) is 0.563. The second kappa shape index (κ2) is 7.76. The predicted molar refractivity (Wildman–Crippen MR) is 67.9 cm³/mol. The molecule has 0 heterocycles. The van der Waals surface area contributed by atoms with Crippen LogP contribution in [0.2, 0.25) is 0 Å². The van der Waals surface area contributed by atoms with Gasteiger partial charge in [-0.05, 0) is 30.6 Å². The normalized spacial score (nSPS) is 11.5. The van der Waals surface area contributed by atoms with Crippen LogP contribution in [0.4, 0.5) is 0 Å². The lowest BCUT2D eigenvalue weighted by atomic mass is 9.67. The number of aliphatic carboxylic acids is 3. The van der Waals surface area contributed by atoms with Gasteiger partial charge < -0.3 is 15.3 Å². The lowest BCUT2D eigenvalue weighted by molar-refractivity contribution is -0.138. The first-order valence-corrected chi connectivity index (χ1v) is 6.35. The van der Waals surface area contributed by atoms with Crippen molar-refractivity contribution in [3.8, 4) is 0 Å². The van der Waals surface area contributed by atoms with Crippen molar-refractivity contribution < 1.29 is 29.7 Å². The third kappa shape index (κ3) is 6.79. The lowest BCUT2D eigenvalue weighted by Crippen LogP contribution is -2.30. The van der Waals surface area contributed by atoms with E-state index in [4.69, 9.17) is 15.3 Å². The lowest BCUT2D eigenvalue weighted by Gasteiger charge is -2.37. The smallest absolute Gasteiger partial charge is 0.303 e. The van der Waals surface area contributed by atoms with Crippen LogP contribution in [0.15, 0.2) is 0 Å². The first-order chi connectivity index (χ1) is 8.69. The molecule has 0 rings (SSSR count). The molecule has 6 heteroatoms. The van der Waals surface area contributed by atoms with Crippen molar-refractivity contribution in [1.82, 2.24) is 0 Å². The summed E-state index contributed by atoms with van der Waals surface area (Å²) in [5.41, 5.74) is -0.546. The summed E-state index contributed by atoms with van der Waals surface area (Å²) >= 11 is 0. The van der Waals surface area contributed by atoms with Gasteiger partial charge in [-0.25, -0.2) is 0 Å². The van der Waals surface area contributed by atoms with E-state index in [9.17, 15) is 14.4 Å². The molecule has 0 aromatic carbocycles. The second-order valence-electron chi connectivity index (χ2n) is 5.20. The minimum Gasteiger partial charge on any atom is -0.481 e. The molecular weight excluding hydrogens is 252 g/mol. The molecule has 0 aliphatic carbocycles. The minimum atomic E-state index is -0.948. The van der Waals surface area contributed by atoms with Gasteiger partial charge in [0.15, 0.2) is 0 Å². The van der Waals surface area contributed by atoms with E-state index >= 15 is 0 Å². The maximum Gasteiger partial charge on any atom is 0.303 e. The molecule has 0 aromatic heterocycles. The fourth-order valence-corrected chi connectivity index (χ4v) is 2.31. The van der Waals surface area contributed by atoms with Gasteiger partial charge in [-0.2, -0.15) is 0 Å². The molecule has 0 fully saturated rings. The SMILES string of the molecule is CC(C)C(CCC(=O)O)(CCC(=O)O)CCC(=O)O. The van der Waals surface area contributed by atoms with E-state index in [2.05, 4.69) is 0 Å². The van der Waals surface area contributed by atoms with Gasteiger partial charge in [0.05, 0.1) is 0 Å². The van der Waals surface area contributed by atoms with Gasteiger partial charge in [0.1, 0.15) is 0 Å². The zero-order valence-corrected chi connectivity index (χ0v) is 11.4. The third-order valence-electron chi connectivity index (χ3n) is 3.74. The summed E-state index contributed by atoms with van der Waals surface area (Å²) < 4.78 is 0. The van der Waals surface area contributed by atoms with Crippen LogP contribution >= 0.6 is 0 Å². The van der Waals surface area contributed by atoms with Gasteiger partial charge in [-0.1, -0.05) is 13.8 Å². The van der Waals surface area contributed by atoms with Gasteiger partial charge >= 0.3 is 17.9 Å². The van der Waals surface area contributed by atoms with Crippen LogP contribution < -0.4 is 0 Å². The van der Waals surface area contributed by atoms with Gasteiger partial charge in [-0.3, -0.25) is 14.4 Å². The van der Waals surface area contributed by atoms with Crippen molar-refractivity contribution in [2.24, 2.45) is 11.3 Å². The van der Waals surface area contributed by atoms with E-state index < -0.39 is 23.3 Å². The van der Waals surface area contributed by atoms with E-state index in [1.54, 1.807) is 0 Å². The Kier molecular flexibility index (Phi) is 7.11. The van der Waals surface area contributed by atoms with Gasteiger partial charge in [0.25, 0.3) is 0 Å². The molecule has 19 heavy (non-hydrogen) atoms. The second-order valence-corrected chi connectivity index (χ2v) is 5.20. The third-order valence-corrected chi connectivity index (χ3v) is 3.74. The van der Waals surface area contributed by atoms with Crippen molar-refractivity contribution in [2.45, 2.75) is 52.4 Å². The highest BCUT2D eigenvalue weighted by Gasteiger charge is 2.34. The van der Waals surface area contributed by atoms with E-state index in [1.807, 2.05) is 13.8 Å². The highest BCUT2D eigenvalue weighted by molar-refractivity contribution is 5.68. The summed E-state index contributed by atoms with van der Waals surface area (Å²) in [5.74, 6) is -2.81. The number of carboxylic acid groups (broad SMARTS) is 3. The van der Waals surface area contributed by atoms with Crippen molar-refractivity contribution in [1.29, 1.82) is 0 Å². The van der Waals surface area contributed by atoms with Gasteiger partial charge in [0, 0.05) is 19.3 Å². The van der Waals surface area contributed by atoms with E-state index in [1.165, 1.54) is 0 Å². The van der Waals surface area contributed by atoms with Gasteiger partial charge in [0.2, 0.25) is 0 Å². The van der Waals surface area contributed by atoms with Crippen LogP contribution in [0.1, 0.15) is 52.4 Å². The summed E-state index contributed by atoms with van der Waals surface area (Å²) in [6, 6.07) is 0. The molecule has 0 radical (unpaired) electrons. The van der Waals surface area contributed by atoms with E-state index in [0.29, 0.717) is 19.3 Å². The molecule has 0 saturated carbocycles. The van der Waals surface area contributed by atoms with Crippen LogP contribution in [0.25, 0.3) is 0 Å². The Hall–Kier alpha value is -1.59. The molecular formula is C13H22O6.